The zero-order chi connectivity index (χ0) is 22.2. The van der Waals surface area contributed by atoms with Crippen LogP contribution in [0.3, 0.4) is 0 Å². The number of carbonyl (C=O) groups is 1. The Balaban J connectivity index is 1.67. The number of aliphatic carboxylic acids is 1. The van der Waals surface area contributed by atoms with Gasteiger partial charge >= 0.3 is 5.97 Å². The van der Waals surface area contributed by atoms with Crippen molar-refractivity contribution in [3.05, 3.63) is 77.6 Å². The average molecular weight is 425 g/mol. The van der Waals surface area contributed by atoms with Crippen LogP contribution in [-0.2, 0) is 11.3 Å². The standard InChI is InChI=1S/C24H24FNO5/c1-16-11-20(30-10-9-27)6-7-21(16)18-4-2-3-17(12-18)14-26-19-5-8-23(22(25)13-19)31-15-24(28)29/h2-8,11-13,26-27H,9-10,14-15H2,1H3,(H,28,29). The first-order valence-corrected chi connectivity index (χ1v) is 9.78. The molecule has 7 heteroatoms. The van der Waals surface area contributed by atoms with Crippen LogP contribution in [0.4, 0.5) is 10.1 Å². The van der Waals surface area contributed by atoms with E-state index < -0.39 is 18.4 Å². The lowest BCUT2D eigenvalue weighted by molar-refractivity contribution is -0.139. The Labute approximate surface area is 179 Å². The van der Waals surface area contributed by atoms with Crippen LogP contribution < -0.4 is 14.8 Å². The van der Waals surface area contributed by atoms with Gasteiger partial charge in [0.25, 0.3) is 0 Å². The fourth-order valence-electron chi connectivity index (χ4n) is 3.13. The third-order valence-corrected chi connectivity index (χ3v) is 4.58. The van der Waals surface area contributed by atoms with Gasteiger partial charge in [0.1, 0.15) is 12.4 Å². The Morgan fingerprint density at radius 2 is 1.90 bits per heavy atom. The van der Waals surface area contributed by atoms with E-state index in [1.807, 2.05) is 43.3 Å². The van der Waals surface area contributed by atoms with Crippen molar-refractivity contribution in [2.75, 3.05) is 25.1 Å². The molecule has 0 aliphatic carbocycles. The first-order valence-electron chi connectivity index (χ1n) is 9.78. The number of anilines is 1. The molecule has 0 bridgehead atoms. The third-order valence-electron chi connectivity index (χ3n) is 4.58. The van der Waals surface area contributed by atoms with Gasteiger partial charge < -0.3 is 25.0 Å². The molecule has 0 aliphatic rings. The molecule has 162 valence electrons. The van der Waals surface area contributed by atoms with Gasteiger partial charge in [0.15, 0.2) is 18.2 Å². The van der Waals surface area contributed by atoms with Crippen molar-refractivity contribution in [2.24, 2.45) is 0 Å². The summed E-state index contributed by atoms with van der Waals surface area (Å²) in [6, 6.07) is 18.1. The smallest absolute Gasteiger partial charge is 0.341 e. The molecule has 0 atom stereocenters. The molecule has 6 nitrogen and oxygen atoms in total. The average Bonchev–Trinajstić information content (AvgIpc) is 2.75. The van der Waals surface area contributed by atoms with E-state index in [2.05, 4.69) is 11.4 Å². The van der Waals surface area contributed by atoms with E-state index in [0.717, 1.165) is 22.3 Å². The largest absolute Gasteiger partial charge is 0.491 e. The Morgan fingerprint density at radius 3 is 2.61 bits per heavy atom. The maximum Gasteiger partial charge on any atom is 0.341 e. The minimum Gasteiger partial charge on any atom is -0.491 e. The van der Waals surface area contributed by atoms with Crippen LogP contribution in [0.5, 0.6) is 11.5 Å². The highest BCUT2D eigenvalue weighted by Crippen LogP contribution is 2.28. The van der Waals surface area contributed by atoms with Crippen molar-refractivity contribution in [2.45, 2.75) is 13.5 Å². The van der Waals surface area contributed by atoms with Gasteiger partial charge in [-0.1, -0.05) is 24.3 Å². The van der Waals surface area contributed by atoms with Crippen LogP contribution in [0, 0.1) is 12.7 Å². The Kier molecular flexibility index (Phi) is 7.45. The van der Waals surface area contributed by atoms with E-state index in [0.29, 0.717) is 18.0 Å². The number of halogens is 1. The topological polar surface area (TPSA) is 88.0 Å². The maximum atomic E-state index is 14.1. The number of benzene rings is 3. The molecule has 31 heavy (non-hydrogen) atoms. The highest BCUT2D eigenvalue weighted by atomic mass is 19.1. The van der Waals surface area contributed by atoms with E-state index >= 15 is 0 Å². The molecule has 3 aromatic rings. The lowest BCUT2D eigenvalue weighted by Crippen LogP contribution is -2.10. The number of aliphatic hydroxyl groups excluding tert-OH is 1. The van der Waals surface area contributed by atoms with Crippen LogP contribution in [0.1, 0.15) is 11.1 Å². The number of nitrogens with one attached hydrogen (secondary N) is 1. The summed E-state index contributed by atoms with van der Waals surface area (Å²) in [6.07, 6.45) is 0. The fourth-order valence-corrected chi connectivity index (χ4v) is 3.13. The number of ether oxygens (including phenoxy) is 2. The minimum atomic E-state index is -1.16. The van der Waals surface area contributed by atoms with Crippen LogP contribution in [0.25, 0.3) is 11.1 Å². The van der Waals surface area contributed by atoms with Gasteiger partial charge in [-0.3, -0.25) is 0 Å². The first kappa shape index (κ1) is 22.1. The fraction of sp³-hybridized carbons (Fsp3) is 0.208. The minimum absolute atomic E-state index is 0.0299. The molecule has 0 radical (unpaired) electrons. The Bertz CT molecular complexity index is 1050. The van der Waals surface area contributed by atoms with E-state index in [9.17, 15) is 9.18 Å². The molecular formula is C24H24FNO5. The van der Waals surface area contributed by atoms with Crippen LogP contribution >= 0.6 is 0 Å². The highest BCUT2D eigenvalue weighted by Gasteiger charge is 2.08. The maximum absolute atomic E-state index is 14.1. The summed E-state index contributed by atoms with van der Waals surface area (Å²) in [7, 11) is 0. The van der Waals surface area contributed by atoms with Gasteiger partial charge in [-0.25, -0.2) is 9.18 Å². The summed E-state index contributed by atoms with van der Waals surface area (Å²) >= 11 is 0. The van der Waals surface area contributed by atoms with E-state index in [1.54, 1.807) is 6.07 Å². The second kappa shape index (κ2) is 10.4. The molecule has 0 aromatic heterocycles. The summed E-state index contributed by atoms with van der Waals surface area (Å²) in [5.74, 6) is -1.18. The second-order valence-electron chi connectivity index (χ2n) is 6.93. The number of carboxylic acid groups (broad SMARTS) is 1. The molecule has 0 aliphatic heterocycles. The van der Waals surface area contributed by atoms with Gasteiger partial charge in [-0.2, -0.15) is 0 Å². The number of rotatable bonds is 10. The summed E-state index contributed by atoms with van der Waals surface area (Å²) in [5, 5.41) is 20.7. The van der Waals surface area contributed by atoms with E-state index in [4.69, 9.17) is 19.7 Å². The summed E-state index contributed by atoms with van der Waals surface area (Å²) in [6.45, 7) is 2.12. The van der Waals surface area contributed by atoms with Crippen molar-refractivity contribution < 1.29 is 28.9 Å². The first-order chi connectivity index (χ1) is 15.0. The lowest BCUT2D eigenvalue weighted by atomic mass is 9.98. The predicted molar refractivity (Wildman–Crippen MR) is 116 cm³/mol. The summed E-state index contributed by atoms with van der Waals surface area (Å²) in [5.41, 5.74) is 4.76. The molecule has 3 N–H and O–H groups in total. The molecule has 3 aromatic carbocycles. The predicted octanol–water partition coefficient (Wildman–Crippen LogP) is 4.25. The number of aryl methyl sites for hydroxylation is 1. The van der Waals surface area contributed by atoms with Crippen molar-refractivity contribution in [3.63, 3.8) is 0 Å². The molecule has 3 rings (SSSR count). The van der Waals surface area contributed by atoms with Crippen molar-refractivity contribution in [1.82, 2.24) is 0 Å². The van der Waals surface area contributed by atoms with Crippen molar-refractivity contribution in [3.8, 4) is 22.6 Å². The van der Waals surface area contributed by atoms with Gasteiger partial charge in [0.05, 0.1) is 6.61 Å². The molecule has 0 heterocycles. The molecule has 0 amide bonds. The second-order valence-corrected chi connectivity index (χ2v) is 6.93. The number of hydrogen-bond acceptors (Lipinski definition) is 5. The van der Waals surface area contributed by atoms with Gasteiger partial charge in [0.2, 0.25) is 0 Å². The molecular weight excluding hydrogens is 401 g/mol. The summed E-state index contributed by atoms with van der Waals surface area (Å²) in [4.78, 5) is 10.5. The molecule has 0 saturated carbocycles. The van der Waals surface area contributed by atoms with Crippen molar-refractivity contribution in [1.29, 1.82) is 0 Å². The van der Waals surface area contributed by atoms with Crippen molar-refractivity contribution >= 4 is 11.7 Å². The van der Waals surface area contributed by atoms with Gasteiger partial charge in [-0.15, -0.1) is 0 Å². The van der Waals surface area contributed by atoms with Gasteiger partial charge in [0, 0.05) is 18.3 Å². The quantitative estimate of drug-likeness (QED) is 0.450. The Morgan fingerprint density at radius 1 is 1.06 bits per heavy atom. The normalized spacial score (nSPS) is 10.5. The molecule has 0 fully saturated rings. The zero-order valence-corrected chi connectivity index (χ0v) is 17.1. The lowest BCUT2D eigenvalue weighted by Gasteiger charge is -2.12. The monoisotopic (exact) mass is 425 g/mol. The Hall–Kier alpha value is -3.58. The SMILES string of the molecule is Cc1cc(OCCO)ccc1-c1cccc(CNc2ccc(OCC(=O)O)c(F)c2)c1. The van der Waals surface area contributed by atoms with Crippen LogP contribution in [0.2, 0.25) is 0 Å². The summed E-state index contributed by atoms with van der Waals surface area (Å²) < 4.78 is 24.4. The van der Waals surface area contributed by atoms with E-state index in [1.165, 1.54) is 12.1 Å². The van der Waals surface area contributed by atoms with E-state index in [-0.39, 0.29) is 19.0 Å². The number of carboxylic acids is 1. The molecule has 0 saturated heterocycles. The van der Waals surface area contributed by atoms with Crippen LogP contribution in [-0.4, -0.2) is 36.0 Å². The third kappa shape index (κ3) is 6.20. The van der Waals surface area contributed by atoms with Gasteiger partial charge in [-0.05, 0) is 59.5 Å². The number of hydrogen-bond donors (Lipinski definition) is 3. The number of aliphatic hydroxyl groups is 1. The molecule has 0 unspecified atom stereocenters. The zero-order valence-electron chi connectivity index (χ0n) is 17.1. The van der Waals surface area contributed by atoms with Crippen LogP contribution in [0.15, 0.2) is 60.7 Å². The molecule has 0 spiro atoms. The highest BCUT2D eigenvalue weighted by molar-refractivity contribution is 5.69.